The first-order valence-electron chi connectivity index (χ1n) is 9.43. The minimum Gasteiger partial charge on any atom is -0.444 e. The van der Waals surface area contributed by atoms with Gasteiger partial charge in [0.2, 0.25) is 0 Å². The highest BCUT2D eigenvalue weighted by molar-refractivity contribution is 9.10. The van der Waals surface area contributed by atoms with Crippen LogP contribution in [-0.4, -0.2) is 46.4 Å². The van der Waals surface area contributed by atoms with Gasteiger partial charge in [0, 0.05) is 35.6 Å². The van der Waals surface area contributed by atoms with E-state index < -0.39 is 22.8 Å². The smallest absolute Gasteiger partial charge is 0.410 e. The fourth-order valence-electron chi connectivity index (χ4n) is 3.83. The number of carbonyl (C=O) groups is 2. The van der Waals surface area contributed by atoms with Crippen molar-refractivity contribution >= 4 is 28.1 Å². The molecule has 8 heteroatoms. The third-order valence-corrected chi connectivity index (χ3v) is 5.36. The summed E-state index contributed by atoms with van der Waals surface area (Å²) < 4.78 is 11.8. The van der Waals surface area contributed by atoms with Crippen LogP contribution in [-0.2, 0) is 15.0 Å². The molecule has 0 unspecified atom stereocenters. The van der Waals surface area contributed by atoms with E-state index in [9.17, 15) is 9.59 Å². The van der Waals surface area contributed by atoms with E-state index in [0.717, 1.165) is 10.2 Å². The standard InChI is InChI=1S/C20H28BrN3O4/c1-18(2,3)27-16(25)23-20(15-8-7-12(21)9-22-15)13-10-24(11-14(13)20)17(26)28-19(4,5)6/h7-9,13-14H,10-11H2,1-6H3,(H,23,25)/t13-,14+,20-. The van der Waals surface area contributed by atoms with Gasteiger partial charge in [-0.05, 0) is 69.6 Å². The number of halogens is 1. The number of amides is 2. The second-order valence-electron chi connectivity index (χ2n) is 9.46. The van der Waals surface area contributed by atoms with Crippen LogP contribution in [0.3, 0.4) is 0 Å². The van der Waals surface area contributed by atoms with E-state index in [0.29, 0.717) is 13.1 Å². The monoisotopic (exact) mass is 453 g/mol. The Morgan fingerprint density at radius 3 is 2.14 bits per heavy atom. The summed E-state index contributed by atoms with van der Waals surface area (Å²) in [5, 5.41) is 3.05. The quantitative estimate of drug-likeness (QED) is 0.729. The maximum atomic E-state index is 12.5. The minimum absolute atomic E-state index is 0.0706. The van der Waals surface area contributed by atoms with Gasteiger partial charge in [-0.1, -0.05) is 0 Å². The number of piperidine rings is 1. The van der Waals surface area contributed by atoms with Crippen LogP contribution in [0.2, 0.25) is 0 Å². The predicted octanol–water partition coefficient (Wildman–Crippen LogP) is 4.06. The number of alkyl carbamates (subject to hydrolysis) is 1. The number of nitrogens with one attached hydrogen (secondary N) is 1. The molecule has 1 N–H and O–H groups in total. The molecule has 1 saturated carbocycles. The zero-order valence-corrected chi connectivity index (χ0v) is 18.8. The van der Waals surface area contributed by atoms with Crippen LogP contribution in [0.25, 0.3) is 0 Å². The van der Waals surface area contributed by atoms with Gasteiger partial charge in [0.15, 0.2) is 0 Å². The molecule has 1 aromatic rings. The van der Waals surface area contributed by atoms with E-state index in [4.69, 9.17) is 9.47 Å². The van der Waals surface area contributed by atoms with E-state index in [2.05, 4.69) is 26.2 Å². The van der Waals surface area contributed by atoms with Crippen molar-refractivity contribution < 1.29 is 19.1 Å². The number of aromatic nitrogens is 1. The predicted molar refractivity (Wildman–Crippen MR) is 108 cm³/mol. The van der Waals surface area contributed by atoms with Crippen molar-refractivity contribution in [3.63, 3.8) is 0 Å². The number of ether oxygens (including phenoxy) is 2. The van der Waals surface area contributed by atoms with Gasteiger partial charge in [0.05, 0.1) is 11.2 Å². The van der Waals surface area contributed by atoms with E-state index in [1.807, 2.05) is 53.7 Å². The molecule has 0 bridgehead atoms. The molecule has 3 atom stereocenters. The zero-order valence-electron chi connectivity index (χ0n) is 17.2. The van der Waals surface area contributed by atoms with E-state index in [1.165, 1.54) is 0 Å². The molecule has 2 fully saturated rings. The molecule has 3 rings (SSSR count). The number of pyridine rings is 1. The molecular weight excluding hydrogens is 426 g/mol. The fraction of sp³-hybridized carbons (Fsp3) is 0.650. The molecule has 2 aliphatic rings. The number of nitrogens with zero attached hydrogens (tertiary/aromatic N) is 2. The summed E-state index contributed by atoms with van der Waals surface area (Å²) in [7, 11) is 0. The Morgan fingerprint density at radius 1 is 1.11 bits per heavy atom. The molecule has 0 aromatic carbocycles. The molecule has 1 aliphatic carbocycles. The lowest BCUT2D eigenvalue weighted by molar-refractivity contribution is 0.0249. The van der Waals surface area contributed by atoms with Crippen LogP contribution in [0.4, 0.5) is 9.59 Å². The highest BCUT2D eigenvalue weighted by Gasteiger charge is 2.72. The van der Waals surface area contributed by atoms with Gasteiger partial charge in [-0.3, -0.25) is 4.98 Å². The third-order valence-electron chi connectivity index (χ3n) is 4.89. The summed E-state index contributed by atoms with van der Waals surface area (Å²) in [6.07, 6.45) is 0.915. The number of fused-ring (bicyclic) bond motifs is 1. The molecular formula is C20H28BrN3O4. The first-order chi connectivity index (χ1) is 12.8. The van der Waals surface area contributed by atoms with Crippen molar-refractivity contribution in [2.75, 3.05) is 13.1 Å². The molecule has 2 amide bonds. The van der Waals surface area contributed by atoms with Crippen molar-refractivity contribution in [1.82, 2.24) is 15.2 Å². The Balaban J connectivity index is 1.78. The van der Waals surface area contributed by atoms with Gasteiger partial charge in [0.1, 0.15) is 11.2 Å². The van der Waals surface area contributed by atoms with Crippen LogP contribution in [0.5, 0.6) is 0 Å². The van der Waals surface area contributed by atoms with Gasteiger partial charge < -0.3 is 19.7 Å². The number of carbonyl (C=O) groups excluding carboxylic acids is 2. The maximum Gasteiger partial charge on any atom is 0.410 e. The Labute approximate surface area is 174 Å². The molecule has 154 valence electrons. The summed E-state index contributed by atoms with van der Waals surface area (Å²) in [4.78, 5) is 31.1. The number of rotatable bonds is 2. The lowest BCUT2D eigenvalue weighted by Gasteiger charge is -2.30. The zero-order chi connectivity index (χ0) is 20.9. The second kappa shape index (κ2) is 6.90. The van der Waals surface area contributed by atoms with E-state index in [-0.39, 0.29) is 17.9 Å². The summed E-state index contributed by atoms with van der Waals surface area (Å²) in [6, 6.07) is 3.80. The van der Waals surface area contributed by atoms with Gasteiger partial charge in [-0.2, -0.15) is 0 Å². The topological polar surface area (TPSA) is 80.8 Å². The fourth-order valence-corrected chi connectivity index (χ4v) is 4.06. The summed E-state index contributed by atoms with van der Waals surface area (Å²) in [5.41, 5.74) is -0.976. The third kappa shape index (κ3) is 4.26. The van der Waals surface area contributed by atoms with Crippen molar-refractivity contribution in [2.24, 2.45) is 11.8 Å². The first kappa shape index (κ1) is 20.9. The number of hydrogen-bond donors (Lipinski definition) is 1. The highest BCUT2D eigenvalue weighted by Crippen LogP contribution is 2.61. The largest absolute Gasteiger partial charge is 0.444 e. The van der Waals surface area contributed by atoms with Crippen molar-refractivity contribution in [3.05, 3.63) is 28.5 Å². The van der Waals surface area contributed by atoms with Crippen molar-refractivity contribution in [3.8, 4) is 0 Å². The van der Waals surface area contributed by atoms with Gasteiger partial charge >= 0.3 is 12.2 Å². The van der Waals surface area contributed by atoms with Crippen LogP contribution in [0.15, 0.2) is 22.8 Å². The van der Waals surface area contributed by atoms with Crippen molar-refractivity contribution in [2.45, 2.75) is 58.3 Å². The molecule has 0 spiro atoms. The lowest BCUT2D eigenvalue weighted by Crippen LogP contribution is -2.47. The molecule has 2 heterocycles. The highest BCUT2D eigenvalue weighted by atomic mass is 79.9. The van der Waals surface area contributed by atoms with Crippen LogP contribution >= 0.6 is 15.9 Å². The van der Waals surface area contributed by atoms with E-state index in [1.54, 1.807) is 11.1 Å². The average molecular weight is 454 g/mol. The Morgan fingerprint density at radius 2 is 1.68 bits per heavy atom. The molecule has 0 radical (unpaired) electrons. The number of hydrogen-bond acceptors (Lipinski definition) is 5. The summed E-state index contributed by atoms with van der Waals surface area (Å²) >= 11 is 3.40. The molecule has 7 nitrogen and oxygen atoms in total. The lowest BCUT2D eigenvalue weighted by atomic mass is 10.1. The first-order valence-corrected chi connectivity index (χ1v) is 10.2. The molecule has 28 heavy (non-hydrogen) atoms. The van der Waals surface area contributed by atoms with Crippen LogP contribution in [0.1, 0.15) is 47.2 Å². The Kier molecular flexibility index (Phi) is 5.15. The van der Waals surface area contributed by atoms with Gasteiger partial charge in [0.25, 0.3) is 0 Å². The Hall–Kier alpha value is -1.83. The normalized spacial score (nSPS) is 26.5. The van der Waals surface area contributed by atoms with Crippen LogP contribution < -0.4 is 5.32 Å². The molecule has 1 aromatic heterocycles. The SMILES string of the molecule is CC(C)(C)OC(=O)N[C@]1(c2ccc(Br)cn2)[C@@H]2CN(C(=O)OC(C)(C)C)C[C@@H]21. The maximum absolute atomic E-state index is 12.5. The molecule has 1 aliphatic heterocycles. The summed E-state index contributed by atoms with van der Waals surface area (Å²) in [6.45, 7) is 12.0. The van der Waals surface area contributed by atoms with Crippen LogP contribution in [0, 0.1) is 11.8 Å². The average Bonchev–Trinajstić information content (AvgIpc) is 2.89. The number of likely N-dealkylation sites (tertiary alicyclic amines) is 1. The molecule has 1 saturated heterocycles. The summed E-state index contributed by atoms with van der Waals surface area (Å²) in [5.74, 6) is 0.141. The van der Waals surface area contributed by atoms with Gasteiger partial charge in [-0.15, -0.1) is 0 Å². The van der Waals surface area contributed by atoms with Crippen molar-refractivity contribution in [1.29, 1.82) is 0 Å². The Bertz CT molecular complexity index is 755. The van der Waals surface area contributed by atoms with Gasteiger partial charge in [-0.25, -0.2) is 9.59 Å². The minimum atomic E-state index is -0.623. The second-order valence-corrected chi connectivity index (χ2v) is 10.4. The van der Waals surface area contributed by atoms with E-state index >= 15 is 0 Å².